The Bertz CT molecular complexity index is 850. The third-order valence-corrected chi connectivity index (χ3v) is 5.04. The maximum absolute atomic E-state index is 12.8. The SMILES string of the molecule is O=C(CN1CCc2ccccc2C1)N1CCc2cc([N+](=O)[O-])ccc21. The third-order valence-electron chi connectivity index (χ3n) is 5.04. The number of non-ortho nitro benzene ring substituents is 1. The zero-order valence-electron chi connectivity index (χ0n) is 13.9. The second kappa shape index (κ2) is 6.29. The molecule has 2 aromatic carbocycles. The number of hydrogen-bond acceptors (Lipinski definition) is 4. The molecule has 2 aromatic rings. The highest BCUT2D eigenvalue weighted by molar-refractivity contribution is 5.97. The first-order chi connectivity index (χ1) is 12.1. The molecule has 0 saturated carbocycles. The van der Waals surface area contributed by atoms with Gasteiger partial charge >= 0.3 is 0 Å². The molecule has 0 aromatic heterocycles. The molecule has 2 heterocycles. The zero-order chi connectivity index (χ0) is 17.4. The van der Waals surface area contributed by atoms with E-state index in [1.165, 1.54) is 17.2 Å². The predicted molar refractivity (Wildman–Crippen MR) is 94.6 cm³/mol. The lowest BCUT2D eigenvalue weighted by molar-refractivity contribution is -0.384. The van der Waals surface area contributed by atoms with Gasteiger partial charge in [0.15, 0.2) is 0 Å². The Hall–Kier alpha value is -2.73. The summed E-state index contributed by atoms with van der Waals surface area (Å²) in [5.41, 5.74) is 4.43. The molecule has 2 aliphatic heterocycles. The van der Waals surface area contributed by atoms with Crippen LogP contribution in [0.3, 0.4) is 0 Å². The van der Waals surface area contributed by atoms with Gasteiger partial charge in [0.25, 0.3) is 5.69 Å². The number of nitro groups is 1. The standard InChI is InChI=1S/C19H19N3O3/c23-19(13-20-9-7-14-3-1-2-4-16(14)12-20)21-10-8-15-11-17(22(24)25)5-6-18(15)21/h1-6,11H,7-10,12-13H2. The van der Waals surface area contributed by atoms with E-state index < -0.39 is 4.92 Å². The molecule has 6 nitrogen and oxygen atoms in total. The summed E-state index contributed by atoms with van der Waals surface area (Å²) < 4.78 is 0. The van der Waals surface area contributed by atoms with Gasteiger partial charge in [0.2, 0.25) is 5.91 Å². The van der Waals surface area contributed by atoms with E-state index in [0.717, 1.165) is 30.8 Å². The van der Waals surface area contributed by atoms with E-state index in [2.05, 4.69) is 23.1 Å². The molecular weight excluding hydrogens is 318 g/mol. The molecule has 0 saturated heterocycles. The van der Waals surface area contributed by atoms with E-state index in [0.29, 0.717) is 19.5 Å². The number of anilines is 1. The van der Waals surface area contributed by atoms with Crippen LogP contribution in [-0.2, 0) is 24.2 Å². The summed E-state index contributed by atoms with van der Waals surface area (Å²) in [5, 5.41) is 10.9. The van der Waals surface area contributed by atoms with Crippen molar-refractivity contribution in [2.45, 2.75) is 19.4 Å². The van der Waals surface area contributed by atoms with E-state index in [4.69, 9.17) is 0 Å². The van der Waals surface area contributed by atoms with Gasteiger partial charge < -0.3 is 4.90 Å². The lowest BCUT2D eigenvalue weighted by Gasteiger charge is -2.29. The topological polar surface area (TPSA) is 66.7 Å². The van der Waals surface area contributed by atoms with Crippen LogP contribution in [0.1, 0.15) is 16.7 Å². The minimum absolute atomic E-state index is 0.0620. The summed E-state index contributed by atoms with van der Waals surface area (Å²) in [7, 11) is 0. The second-order valence-corrected chi connectivity index (χ2v) is 6.59. The molecule has 0 fully saturated rings. The van der Waals surface area contributed by atoms with Crippen LogP contribution >= 0.6 is 0 Å². The van der Waals surface area contributed by atoms with Crippen LogP contribution < -0.4 is 4.90 Å². The van der Waals surface area contributed by atoms with Crippen molar-refractivity contribution in [3.05, 3.63) is 69.3 Å². The van der Waals surface area contributed by atoms with Crippen LogP contribution in [0.15, 0.2) is 42.5 Å². The molecular formula is C19H19N3O3. The lowest BCUT2D eigenvalue weighted by Crippen LogP contribution is -2.41. The molecule has 2 aliphatic rings. The first-order valence-corrected chi connectivity index (χ1v) is 8.48. The second-order valence-electron chi connectivity index (χ2n) is 6.59. The Morgan fingerprint density at radius 2 is 1.80 bits per heavy atom. The normalized spacial score (nSPS) is 16.4. The van der Waals surface area contributed by atoms with Gasteiger partial charge in [-0.1, -0.05) is 24.3 Å². The minimum Gasteiger partial charge on any atom is -0.311 e. The molecule has 0 N–H and O–H groups in total. The number of amides is 1. The molecule has 0 spiro atoms. The highest BCUT2D eigenvalue weighted by Gasteiger charge is 2.28. The number of rotatable bonds is 3. The van der Waals surface area contributed by atoms with Crippen molar-refractivity contribution in [2.24, 2.45) is 0 Å². The van der Waals surface area contributed by atoms with Gasteiger partial charge in [0, 0.05) is 37.5 Å². The Labute approximate surface area is 145 Å². The smallest absolute Gasteiger partial charge is 0.269 e. The van der Waals surface area contributed by atoms with Gasteiger partial charge in [-0.25, -0.2) is 0 Å². The van der Waals surface area contributed by atoms with Gasteiger partial charge in [-0.2, -0.15) is 0 Å². The Morgan fingerprint density at radius 1 is 1.04 bits per heavy atom. The van der Waals surface area contributed by atoms with Crippen LogP contribution in [0.2, 0.25) is 0 Å². The highest BCUT2D eigenvalue weighted by atomic mass is 16.6. The summed E-state index contributed by atoms with van der Waals surface area (Å²) in [4.78, 5) is 27.2. The average Bonchev–Trinajstić information content (AvgIpc) is 3.05. The Kier molecular flexibility index (Phi) is 3.97. The number of benzene rings is 2. The van der Waals surface area contributed by atoms with Crippen molar-refractivity contribution in [1.82, 2.24) is 4.90 Å². The van der Waals surface area contributed by atoms with E-state index >= 15 is 0 Å². The predicted octanol–water partition coefficient (Wildman–Crippen LogP) is 2.54. The fourth-order valence-electron chi connectivity index (χ4n) is 3.73. The Morgan fingerprint density at radius 3 is 2.60 bits per heavy atom. The van der Waals surface area contributed by atoms with Crippen molar-refractivity contribution >= 4 is 17.3 Å². The summed E-state index contributed by atoms with van der Waals surface area (Å²) in [5.74, 6) is 0.0620. The van der Waals surface area contributed by atoms with Crippen LogP contribution in [0.5, 0.6) is 0 Å². The van der Waals surface area contributed by atoms with Crippen molar-refractivity contribution < 1.29 is 9.72 Å². The molecule has 0 radical (unpaired) electrons. The summed E-state index contributed by atoms with van der Waals surface area (Å²) in [6.07, 6.45) is 1.64. The van der Waals surface area contributed by atoms with Crippen LogP contribution in [0.4, 0.5) is 11.4 Å². The molecule has 25 heavy (non-hydrogen) atoms. The van der Waals surface area contributed by atoms with Crippen molar-refractivity contribution in [1.29, 1.82) is 0 Å². The summed E-state index contributed by atoms with van der Waals surface area (Å²) in [6, 6.07) is 13.1. The number of carbonyl (C=O) groups is 1. The van der Waals surface area contributed by atoms with E-state index in [1.807, 2.05) is 6.07 Å². The summed E-state index contributed by atoms with van der Waals surface area (Å²) >= 11 is 0. The number of nitro benzene ring substituents is 1. The minimum atomic E-state index is -0.393. The molecule has 1 amide bonds. The van der Waals surface area contributed by atoms with Crippen LogP contribution in [0, 0.1) is 10.1 Å². The average molecular weight is 337 g/mol. The van der Waals surface area contributed by atoms with Crippen molar-refractivity contribution in [2.75, 3.05) is 24.5 Å². The number of nitrogens with zero attached hydrogens (tertiary/aromatic N) is 3. The number of hydrogen-bond donors (Lipinski definition) is 0. The van der Waals surface area contributed by atoms with E-state index in [9.17, 15) is 14.9 Å². The maximum atomic E-state index is 12.8. The maximum Gasteiger partial charge on any atom is 0.269 e. The molecule has 128 valence electrons. The quantitative estimate of drug-likeness (QED) is 0.638. The molecule has 6 heteroatoms. The fourth-order valence-corrected chi connectivity index (χ4v) is 3.73. The third kappa shape index (κ3) is 3.00. The fraction of sp³-hybridized carbons (Fsp3) is 0.316. The molecule has 4 rings (SSSR count). The molecule has 0 unspecified atom stereocenters. The first kappa shape index (κ1) is 15.8. The largest absolute Gasteiger partial charge is 0.311 e. The van der Waals surface area contributed by atoms with E-state index in [1.54, 1.807) is 17.0 Å². The molecule has 0 bridgehead atoms. The number of fused-ring (bicyclic) bond motifs is 2. The van der Waals surface area contributed by atoms with Crippen LogP contribution in [0.25, 0.3) is 0 Å². The van der Waals surface area contributed by atoms with Gasteiger partial charge in [0.1, 0.15) is 0 Å². The van der Waals surface area contributed by atoms with Crippen molar-refractivity contribution in [3.8, 4) is 0 Å². The zero-order valence-corrected chi connectivity index (χ0v) is 13.9. The Balaban J connectivity index is 1.46. The van der Waals surface area contributed by atoms with Crippen LogP contribution in [-0.4, -0.2) is 35.4 Å². The molecule has 0 atom stereocenters. The lowest BCUT2D eigenvalue weighted by atomic mass is 10.00. The van der Waals surface area contributed by atoms with Gasteiger partial charge in [-0.15, -0.1) is 0 Å². The van der Waals surface area contributed by atoms with Crippen molar-refractivity contribution in [3.63, 3.8) is 0 Å². The van der Waals surface area contributed by atoms with E-state index in [-0.39, 0.29) is 11.6 Å². The monoisotopic (exact) mass is 337 g/mol. The first-order valence-electron chi connectivity index (χ1n) is 8.48. The van der Waals surface area contributed by atoms with Gasteiger partial charge in [-0.3, -0.25) is 19.8 Å². The van der Waals surface area contributed by atoms with Gasteiger partial charge in [0.05, 0.1) is 11.5 Å². The van der Waals surface area contributed by atoms with Gasteiger partial charge in [-0.05, 0) is 35.6 Å². The summed E-state index contributed by atoms with van der Waals surface area (Å²) in [6.45, 7) is 2.65. The molecule has 0 aliphatic carbocycles. The number of carbonyl (C=O) groups excluding carboxylic acids is 1. The highest BCUT2D eigenvalue weighted by Crippen LogP contribution is 2.31.